The number of ether oxygens (including phenoxy) is 2. The smallest absolute Gasteiger partial charge is 0.231 e. The summed E-state index contributed by atoms with van der Waals surface area (Å²) in [4.78, 5) is 0. The van der Waals surface area contributed by atoms with Crippen LogP contribution in [0.5, 0.6) is 11.5 Å². The summed E-state index contributed by atoms with van der Waals surface area (Å²) in [5.74, 6) is 1.60. The second-order valence-electron chi connectivity index (χ2n) is 4.00. The normalized spacial score (nSPS) is 15.1. The Bertz CT molecular complexity index is 355. The molecule has 4 heteroatoms. The van der Waals surface area contributed by atoms with Gasteiger partial charge >= 0.3 is 0 Å². The summed E-state index contributed by atoms with van der Waals surface area (Å²) in [5, 5.41) is 0. The van der Waals surface area contributed by atoms with Crippen LogP contribution in [0.4, 0.5) is 0 Å². The highest BCUT2D eigenvalue weighted by molar-refractivity contribution is 5.45. The van der Waals surface area contributed by atoms with Crippen LogP contribution in [0.2, 0.25) is 0 Å². The lowest BCUT2D eigenvalue weighted by Crippen LogP contribution is -2.11. The van der Waals surface area contributed by atoms with Crippen LogP contribution < -0.4 is 20.9 Å². The molecule has 0 bridgehead atoms. The highest BCUT2D eigenvalue weighted by atomic mass is 16.7. The molecule has 1 aliphatic rings. The highest BCUT2D eigenvalue weighted by Gasteiger charge is 2.15. The van der Waals surface area contributed by atoms with E-state index in [1.807, 2.05) is 18.2 Å². The molecular weight excluding hydrogens is 204 g/mol. The molecule has 0 fully saturated rings. The minimum absolute atomic E-state index is 0.0565. The second-order valence-corrected chi connectivity index (χ2v) is 4.00. The maximum absolute atomic E-state index is 6.09. The maximum Gasteiger partial charge on any atom is 0.231 e. The molecular formula is C12H18N2O2. The summed E-state index contributed by atoms with van der Waals surface area (Å²) in [5.41, 5.74) is 12.6. The Labute approximate surface area is 95.5 Å². The summed E-state index contributed by atoms with van der Waals surface area (Å²) < 4.78 is 10.6. The molecule has 4 nitrogen and oxygen atoms in total. The van der Waals surface area contributed by atoms with Crippen LogP contribution in [0.15, 0.2) is 18.2 Å². The lowest BCUT2D eigenvalue weighted by molar-refractivity contribution is 0.174. The zero-order valence-electron chi connectivity index (χ0n) is 9.32. The van der Waals surface area contributed by atoms with Crippen molar-refractivity contribution in [1.82, 2.24) is 0 Å². The summed E-state index contributed by atoms with van der Waals surface area (Å²) in [6.07, 6.45) is 3.04. The Kier molecular flexibility index (Phi) is 3.64. The average molecular weight is 222 g/mol. The average Bonchev–Trinajstić information content (AvgIpc) is 2.76. The van der Waals surface area contributed by atoms with Gasteiger partial charge in [-0.15, -0.1) is 0 Å². The largest absolute Gasteiger partial charge is 0.454 e. The van der Waals surface area contributed by atoms with Gasteiger partial charge in [-0.1, -0.05) is 12.5 Å². The molecule has 0 spiro atoms. The molecule has 1 atom stereocenters. The van der Waals surface area contributed by atoms with Crippen LogP contribution in [0.1, 0.15) is 30.9 Å². The number of hydrogen-bond donors (Lipinski definition) is 2. The number of unbranched alkanes of at least 4 members (excludes halogenated alkanes) is 1. The van der Waals surface area contributed by atoms with Crippen molar-refractivity contribution in [3.8, 4) is 11.5 Å². The van der Waals surface area contributed by atoms with Crippen LogP contribution in [-0.2, 0) is 0 Å². The van der Waals surface area contributed by atoms with Crippen LogP contribution in [0.3, 0.4) is 0 Å². The van der Waals surface area contributed by atoms with Gasteiger partial charge in [0.1, 0.15) is 0 Å². The predicted molar refractivity (Wildman–Crippen MR) is 62.4 cm³/mol. The van der Waals surface area contributed by atoms with Crippen molar-refractivity contribution in [2.75, 3.05) is 13.3 Å². The van der Waals surface area contributed by atoms with E-state index >= 15 is 0 Å². The molecule has 1 aliphatic heterocycles. The van der Waals surface area contributed by atoms with Gasteiger partial charge in [0.2, 0.25) is 6.79 Å². The monoisotopic (exact) mass is 222 g/mol. The molecule has 0 saturated heterocycles. The van der Waals surface area contributed by atoms with Gasteiger partial charge in [-0.25, -0.2) is 0 Å². The molecule has 2 rings (SSSR count). The van der Waals surface area contributed by atoms with Crippen LogP contribution in [0, 0.1) is 0 Å². The molecule has 1 aromatic carbocycles. The summed E-state index contributed by atoms with van der Waals surface area (Å²) in [7, 11) is 0. The van der Waals surface area contributed by atoms with Gasteiger partial charge in [0.15, 0.2) is 11.5 Å². The SMILES string of the molecule is NCCCC[C@H](N)c1ccc2c(c1)OCO2. The van der Waals surface area contributed by atoms with Crippen molar-refractivity contribution in [2.24, 2.45) is 11.5 Å². The third-order valence-corrected chi connectivity index (χ3v) is 2.79. The third-order valence-electron chi connectivity index (χ3n) is 2.79. The van der Waals surface area contributed by atoms with Gasteiger partial charge in [0.25, 0.3) is 0 Å². The number of fused-ring (bicyclic) bond motifs is 1. The molecule has 88 valence electrons. The molecule has 16 heavy (non-hydrogen) atoms. The predicted octanol–water partition coefficient (Wildman–Crippen LogP) is 1.54. The standard InChI is InChI=1S/C12H18N2O2/c13-6-2-1-3-10(14)9-4-5-11-12(7-9)16-8-15-11/h4-5,7,10H,1-3,6,8,13-14H2/t10-/m0/s1. The fourth-order valence-corrected chi connectivity index (χ4v) is 1.82. The Hall–Kier alpha value is -1.26. The second kappa shape index (κ2) is 5.18. The van der Waals surface area contributed by atoms with Crippen molar-refractivity contribution in [3.05, 3.63) is 23.8 Å². The molecule has 4 N–H and O–H groups in total. The maximum atomic E-state index is 6.09. The quantitative estimate of drug-likeness (QED) is 0.741. The van der Waals surface area contributed by atoms with E-state index in [-0.39, 0.29) is 6.04 Å². The molecule has 0 radical (unpaired) electrons. The molecule has 0 aliphatic carbocycles. The van der Waals surface area contributed by atoms with E-state index in [0.717, 1.165) is 42.9 Å². The third kappa shape index (κ3) is 2.46. The summed E-state index contributed by atoms with van der Waals surface area (Å²) in [6.45, 7) is 1.04. The van der Waals surface area contributed by atoms with Crippen LogP contribution in [0.25, 0.3) is 0 Å². The van der Waals surface area contributed by atoms with Crippen molar-refractivity contribution in [2.45, 2.75) is 25.3 Å². The molecule has 1 aromatic rings. The van der Waals surface area contributed by atoms with Crippen molar-refractivity contribution in [1.29, 1.82) is 0 Å². The fourth-order valence-electron chi connectivity index (χ4n) is 1.82. The van der Waals surface area contributed by atoms with Crippen molar-refractivity contribution < 1.29 is 9.47 Å². The van der Waals surface area contributed by atoms with Crippen molar-refractivity contribution >= 4 is 0 Å². The van der Waals surface area contributed by atoms with E-state index in [2.05, 4.69) is 0 Å². The molecule has 0 aromatic heterocycles. The molecule has 0 amide bonds. The lowest BCUT2D eigenvalue weighted by atomic mass is 10.0. The zero-order valence-corrected chi connectivity index (χ0v) is 9.32. The Morgan fingerprint density at radius 3 is 2.81 bits per heavy atom. The van der Waals surface area contributed by atoms with Gasteiger partial charge in [-0.2, -0.15) is 0 Å². The summed E-state index contributed by atoms with van der Waals surface area (Å²) in [6, 6.07) is 5.94. The number of benzene rings is 1. The van der Waals surface area contributed by atoms with E-state index in [1.165, 1.54) is 0 Å². The van der Waals surface area contributed by atoms with E-state index < -0.39 is 0 Å². The highest BCUT2D eigenvalue weighted by Crippen LogP contribution is 2.34. The Morgan fingerprint density at radius 1 is 1.19 bits per heavy atom. The molecule has 1 heterocycles. The van der Waals surface area contributed by atoms with E-state index in [0.29, 0.717) is 6.79 Å². The minimum atomic E-state index is 0.0565. The van der Waals surface area contributed by atoms with Gasteiger partial charge < -0.3 is 20.9 Å². The lowest BCUT2D eigenvalue weighted by Gasteiger charge is -2.12. The first-order valence-corrected chi connectivity index (χ1v) is 5.66. The van der Waals surface area contributed by atoms with Gasteiger partial charge in [-0.3, -0.25) is 0 Å². The Balaban J connectivity index is 1.98. The van der Waals surface area contributed by atoms with Crippen molar-refractivity contribution in [3.63, 3.8) is 0 Å². The van der Waals surface area contributed by atoms with Gasteiger partial charge in [0, 0.05) is 6.04 Å². The molecule has 0 saturated carbocycles. The van der Waals surface area contributed by atoms with E-state index in [9.17, 15) is 0 Å². The first-order valence-electron chi connectivity index (χ1n) is 5.66. The van der Waals surface area contributed by atoms with Gasteiger partial charge in [0.05, 0.1) is 0 Å². The number of hydrogen-bond acceptors (Lipinski definition) is 4. The minimum Gasteiger partial charge on any atom is -0.454 e. The summed E-state index contributed by atoms with van der Waals surface area (Å²) >= 11 is 0. The topological polar surface area (TPSA) is 70.5 Å². The number of nitrogens with two attached hydrogens (primary N) is 2. The molecule has 0 unspecified atom stereocenters. The van der Waals surface area contributed by atoms with Gasteiger partial charge in [-0.05, 0) is 37.1 Å². The van der Waals surface area contributed by atoms with E-state index in [1.54, 1.807) is 0 Å². The number of rotatable bonds is 5. The zero-order chi connectivity index (χ0) is 11.4. The fraction of sp³-hybridized carbons (Fsp3) is 0.500. The first kappa shape index (κ1) is 11.2. The van der Waals surface area contributed by atoms with Crippen LogP contribution in [-0.4, -0.2) is 13.3 Å². The first-order chi connectivity index (χ1) is 7.81. The van der Waals surface area contributed by atoms with E-state index in [4.69, 9.17) is 20.9 Å². The Morgan fingerprint density at radius 2 is 2.00 bits per heavy atom. The van der Waals surface area contributed by atoms with Crippen LogP contribution >= 0.6 is 0 Å².